The Labute approximate surface area is 106 Å². The lowest BCUT2D eigenvalue weighted by molar-refractivity contribution is 0.195. The van der Waals surface area contributed by atoms with Gasteiger partial charge in [-0.15, -0.1) is 11.3 Å². The molecule has 1 aliphatic heterocycles. The van der Waals surface area contributed by atoms with E-state index in [-0.39, 0.29) is 0 Å². The van der Waals surface area contributed by atoms with Crippen molar-refractivity contribution >= 4 is 16.5 Å². The van der Waals surface area contributed by atoms with Gasteiger partial charge < -0.3 is 10.0 Å². The predicted molar refractivity (Wildman–Crippen MR) is 70.5 cm³/mol. The van der Waals surface area contributed by atoms with Crippen LogP contribution < -0.4 is 4.90 Å². The van der Waals surface area contributed by atoms with Gasteiger partial charge in [0.05, 0.1) is 11.8 Å². The summed E-state index contributed by atoms with van der Waals surface area (Å²) in [5, 5.41) is 12.7. The Kier molecular flexibility index (Phi) is 3.09. The first-order valence-electron chi connectivity index (χ1n) is 6.66. The number of nitrogens with zero attached hydrogens (tertiary/aromatic N) is 2. The zero-order valence-electron chi connectivity index (χ0n) is 10.3. The maximum absolute atomic E-state index is 9.54. The van der Waals surface area contributed by atoms with Gasteiger partial charge in [-0.2, -0.15) is 0 Å². The molecule has 1 N–H and O–H groups in total. The number of aliphatic hydroxyl groups excluding tert-OH is 1. The highest BCUT2D eigenvalue weighted by Gasteiger charge is 2.36. The highest BCUT2D eigenvalue weighted by molar-refractivity contribution is 7.13. The first-order valence-corrected chi connectivity index (χ1v) is 7.54. The molecule has 0 aromatic carbocycles. The second kappa shape index (κ2) is 4.58. The molecule has 4 heteroatoms. The van der Waals surface area contributed by atoms with E-state index in [1.165, 1.54) is 32.1 Å². The predicted octanol–water partition coefficient (Wildman–Crippen LogP) is 2.97. The van der Waals surface area contributed by atoms with Gasteiger partial charge in [0.25, 0.3) is 0 Å². The number of hydrogen-bond acceptors (Lipinski definition) is 4. The standard InChI is InChI=1S/C13H20N2OS/c1-9(16)11-8-17-13(14-11)15-7-6-10-4-2-3-5-12(10)15/h8-10,12,16H,2-7H2,1H3. The van der Waals surface area contributed by atoms with E-state index in [9.17, 15) is 5.11 Å². The van der Waals surface area contributed by atoms with Crippen molar-refractivity contribution in [3.05, 3.63) is 11.1 Å². The number of hydrogen-bond donors (Lipinski definition) is 1. The molecule has 1 aliphatic carbocycles. The largest absolute Gasteiger partial charge is 0.387 e. The summed E-state index contributed by atoms with van der Waals surface area (Å²) in [6.07, 6.45) is 6.39. The Morgan fingerprint density at radius 2 is 2.24 bits per heavy atom. The van der Waals surface area contributed by atoms with Crippen molar-refractivity contribution in [1.29, 1.82) is 0 Å². The Balaban J connectivity index is 1.79. The van der Waals surface area contributed by atoms with Crippen LogP contribution in [0.4, 0.5) is 5.13 Å². The molecule has 1 saturated heterocycles. The number of aliphatic hydroxyl groups is 1. The van der Waals surface area contributed by atoms with Crippen LogP contribution >= 0.6 is 11.3 Å². The summed E-state index contributed by atoms with van der Waals surface area (Å²) < 4.78 is 0. The molecule has 3 rings (SSSR count). The smallest absolute Gasteiger partial charge is 0.185 e. The van der Waals surface area contributed by atoms with Gasteiger partial charge in [0.2, 0.25) is 0 Å². The summed E-state index contributed by atoms with van der Waals surface area (Å²) >= 11 is 1.69. The van der Waals surface area contributed by atoms with Gasteiger partial charge in [0, 0.05) is 18.0 Å². The first-order chi connectivity index (χ1) is 8.25. The molecule has 1 aromatic heterocycles. The van der Waals surface area contributed by atoms with Crippen molar-refractivity contribution in [2.75, 3.05) is 11.4 Å². The van der Waals surface area contributed by atoms with Crippen LogP contribution in [-0.2, 0) is 0 Å². The second-order valence-electron chi connectivity index (χ2n) is 5.32. The van der Waals surface area contributed by atoms with E-state index in [0.717, 1.165) is 29.3 Å². The number of aromatic nitrogens is 1. The molecule has 3 nitrogen and oxygen atoms in total. The maximum Gasteiger partial charge on any atom is 0.185 e. The van der Waals surface area contributed by atoms with Crippen molar-refractivity contribution in [3.8, 4) is 0 Å². The van der Waals surface area contributed by atoms with Gasteiger partial charge in [-0.3, -0.25) is 0 Å². The quantitative estimate of drug-likeness (QED) is 0.879. The Morgan fingerprint density at radius 3 is 3.00 bits per heavy atom. The van der Waals surface area contributed by atoms with Crippen LogP contribution in [0.15, 0.2) is 5.38 Å². The normalized spacial score (nSPS) is 30.4. The zero-order chi connectivity index (χ0) is 11.8. The fourth-order valence-electron chi connectivity index (χ4n) is 3.24. The number of fused-ring (bicyclic) bond motifs is 1. The summed E-state index contributed by atoms with van der Waals surface area (Å²) in [7, 11) is 0. The minimum Gasteiger partial charge on any atom is -0.387 e. The topological polar surface area (TPSA) is 36.4 Å². The monoisotopic (exact) mass is 252 g/mol. The van der Waals surface area contributed by atoms with Crippen molar-refractivity contribution in [2.24, 2.45) is 5.92 Å². The molecule has 0 amide bonds. The van der Waals surface area contributed by atoms with E-state index < -0.39 is 6.10 Å². The molecule has 3 unspecified atom stereocenters. The van der Waals surface area contributed by atoms with Gasteiger partial charge in [0.1, 0.15) is 0 Å². The lowest BCUT2D eigenvalue weighted by Crippen LogP contribution is -2.34. The molecule has 2 fully saturated rings. The van der Waals surface area contributed by atoms with Crippen LogP contribution in [0.5, 0.6) is 0 Å². The molecule has 2 heterocycles. The van der Waals surface area contributed by atoms with Gasteiger partial charge in [-0.25, -0.2) is 4.98 Å². The van der Waals surface area contributed by atoms with Gasteiger partial charge in [-0.1, -0.05) is 12.8 Å². The SMILES string of the molecule is CC(O)c1csc(N2CCC3CCCCC32)n1. The molecule has 17 heavy (non-hydrogen) atoms. The summed E-state index contributed by atoms with van der Waals surface area (Å²) in [5.74, 6) is 0.891. The van der Waals surface area contributed by atoms with Gasteiger partial charge in [0.15, 0.2) is 5.13 Å². The minimum atomic E-state index is -0.440. The number of anilines is 1. The summed E-state index contributed by atoms with van der Waals surface area (Å²) in [6, 6.07) is 0.719. The Morgan fingerprint density at radius 1 is 1.41 bits per heavy atom. The molecule has 0 radical (unpaired) electrons. The molecule has 0 bridgehead atoms. The molecule has 0 spiro atoms. The summed E-state index contributed by atoms with van der Waals surface area (Å²) in [5.41, 5.74) is 0.823. The van der Waals surface area contributed by atoms with E-state index >= 15 is 0 Å². The van der Waals surface area contributed by atoms with Crippen LogP contribution in [0.25, 0.3) is 0 Å². The average molecular weight is 252 g/mol. The Hall–Kier alpha value is -0.610. The van der Waals surface area contributed by atoms with E-state index in [1.54, 1.807) is 18.3 Å². The van der Waals surface area contributed by atoms with Gasteiger partial charge in [-0.05, 0) is 32.1 Å². The lowest BCUT2D eigenvalue weighted by Gasteiger charge is -2.31. The van der Waals surface area contributed by atoms with Crippen molar-refractivity contribution in [2.45, 2.75) is 51.2 Å². The van der Waals surface area contributed by atoms with E-state index in [4.69, 9.17) is 0 Å². The molecular weight excluding hydrogens is 232 g/mol. The maximum atomic E-state index is 9.54. The fraction of sp³-hybridized carbons (Fsp3) is 0.769. The first kappa shape index (κ1) is 11.5. The molecule has 2 aliphatic rings. The van der Waals surface area contributed by atoms with Crippen LogP contribution in [0, 0.1) is 5.92 Å². The van der Waals surface area contributed by atoms with Crippen LogP contribution in [-0.4, -0.2) is 22.7 Å². The number of rotatable bonds is 2. The molecule has 1 saturated carbocycles. The van der Waals surface area contributed by atoms with E-state index in [2.05, 4.69) is 9.88 Å². The highest BCUT2D eigenvalue weighted by atomic mass is 32.1. The average Bonchev–Trinajstić information content (AvgIpc) is 2.95. The van der Waals surface area contributed by atoms with Crippen LogP contribution in [0.1, 0.15) is 50.8 Å². The van der Waals surface area contributed by atoms with Crippen molar-refractivity contribution in [1.82, 2.24) is 4.98 Å². The fourth-order valence-corrected chi connectivity index (χ4v) is 4.24. The minimum absolute atomic E-state index is 0.440. The second-order valence-corrected chi connectivity index (χ2v) is 6.16. The lowest BCUT2D eigenvalue weighted by atomic mass is 9.85. The highest BCUT2D eigenvalue weighted by Crippen LogP contribution is 2.40. The van der Waals surface area contributed by atoms with E-state index in [1.807, 2.05) is 5.38 Å². The van der Waals surface area contributed by atoms with Crippen molar-refractivity contribution < 1.29 is 5.11 Å². The third-order valence-corrected chi connectivity index (χ3v) is 5.09. The van der Waals surface area contributed by atoms with Crippen LogP contribution in [0.3, 0.4) is 0 Å². The molecule has 3 atom stereocenters. The number of thiazole rings is 1. The summed E-state index contributed by atoms with van der Waals surface area (Å²) in [6.45, 7) is 2.94. The third-order valence-electron chi connectivity index (χ3n) is 4.19. The van der Waals surface area contributed by atoms with E-state index in [0.29, 0.717) is 0 Å². The van der Waals surface area contributed by atoms with Crippen LogP contribution in [0.2, 0.25) is 0 Å². The third kappa shape index (κ3) is 2.08. The Bertz CT molecular complexity index is 391. The zero-order valence-corrected chi connectivity index (χ0v) is 11.1. The molecule has 94 valence electrons. The molecular formula is C13H20N2OS. The van der Waals surface area contributed by atoms with Gasteiger partial charge >= 0.3 is 0 Å². The summed E-state index contributed by atoms with van der Waals surface area (Å²) in [4.78, 5) is 7.06. The molecule has 1 aromatic rings. The van der Waals surface area contributed by atoms with Crippen molar-refractivity contribution in [3.63, 3.8) is 0 Å².